The first kappa shape index (κ1) is 15.8. The minimum Gasteiger partial charge on any atom is -0.405 e. The Morgan fingerprint density at radius 2 is 2.00 bits per heavy atom. The Labute approximate surface area is 131 Å². The Kier molecular flexibility index (Phi) is 4.94. The van der Waals surface area contributed by atoms with E-state index in [-0.39, 0.29) is 0 Å². The van der Waals surface area contributed by atoms with Crippen molar-refractivity contribution in [3.63, 3.8) is 0 Å². The van der Waals surface area contributed by atoms with Crippen LogP contribution in [0.2, 0.25) is 0 Å². The maximum Gasteiger partial charge on any atom is 0.168 e. The average Bonchev–Trinajstić information content (AvgIpc) is 2.89. The van der Waals surface area contributed by atoms with Crippen molar-refractivity contribution >= 4 is 5.57 Å². The number of para-hydroxylation sites is 1. The summed E-state index contributed by atoms with van der Waals surface area (Å²) in [7, 11) is 0. The van der Waals surface area contributed by atoms with Crippen LogP contribution in [0.3, 0.4) is 0 Å². The van der Waals surface area contributed by atoms with Crippen molar-refractivity contribution < 1.29 is 0 Å². The van der Waals surface area contributed by atoms with Gasteiger partial charge in [-0.3, -0.25) is 4.57 Å². The monoisotopic (exact) mass is 294 g/mol. The fourth-order valence-electron chi connectivity index (χ4n) is 2.41. The molecule has 0 saturated heterocycles. The van der Waals surface area contributed by atoms with Gasteiger partial charge < -0.3 is 5.73 Å². The minimum atomic E-state index is 0.408. The van der Waals surface area contributed by atoms with Gasteiger partial charge in [-0.1, -0.05) is 44.7 Å². The number of nitrogens with two attached hydrogens (primary N) is 1. The summed E-state index contributed by atoms with van der Waals surface area (Å²) >= 11 is 0. The first-order chi connectivity index (χ1) is 10.6. The molecule has 0 atom stereocenters. The number of aromatic nitrogens is 3. The number of aryl methyl sites for hydroxylation is 1. The van der Waals surface area contributed by atoms with Crippen molar-refractivity contribution in [2.45, 2.75) is 26.7 Å². The third kappa shape index (κ3) is 3.01. The molecule has 0 saturated carbocycles. The third-order valence-electron chi connectivity index (χ3n) is 3.49. The Hall–Kier alpha value is -2.62. The molecule has 4 nitrogen and oxygen atoms in total. The highest BCUT2D eigenvalue weighted by Gasteiger charge is 2.16. The van der Waals surface area contributed by atoms with Gasteiger partial charge in [0.05, 0.1) is 5.69 Å². The summed E-state index contributed by atoms with van der Waals surface area (Å²) in [5, 5.41) is 8.55. The van der Waals surface area contributed by atoms with Gasteiger partial charge >= 0.3 is 0 Å². The summed E-state index contributed by atoms with van der Waals surface area (Å²) < 4.78 is 2.06. The van der Waals surface area contributed by atoms with Gasteiger partial charge in [0, 0.05) is 5.57 Å². The van der Waals surface area contributed by atoms with Crippen LogP contribution in [0.25, 0.3) is 11.3 Å². The topological polar surface area (TPSA) is 56.7 Å². The number of hydrogen-bond donors (Lipinski definition) is 1. The Morgan fingerprint density at radius 3 is 2.64 bits per heavy atom. The van der Waals surface area contributed by atoms with Crippen molar-refractivity contribution in [3.8, 4) is 5.69 Å². The van der Waals surface area contributed by atoms with E-state index in [2.05, 4.69) is 53.4 Å². The molecule has 0 amide bonds. The largest absolute Gasteiger partial charge is 0.405 e. The highest BCUT2D eigenvalue weighted by molar-refractivity contribution is 5.72. The van der Waals surface area contributed by atoms with Gasteiger partial charge in [0.15, 0.2) is 5.82 Å². The lowest BCUT2D eigenvalue weighted by molar-refractivity contribution is 0.835. The van der Waals surface area contributed by atoms with Crippen LogP contribution in [-0.4, -0.2) is 14.8 Å². The number of hydrogen-bond acceptors (Lipinski definition) is 3. The van der Waals surface area contributed by atoms with E-state index in [4.69, 9.17) is 5.73 Å². The Bertz CT molecular complexity index is 720. The molecule has 0 spiro atoms. The maximum atomic E-state index is 5.43. The SMILES string of the molecule is C=C/C(=C\C=C/N)c1nnc(C)n1-c1ccccc1C(C)C. The highest BCUT2D eigenvalue weighted by Crippen LogP contribution is 2.27. The predicted molar refractivity (Wildman–Crippen MR) is 91.7 cm³/mol. The fourth-order valence-corrected chi connectivity index (χ4v) is 2.41. The van der Waals surface area contributed by atoms with Gasteiger partial charge in [0.25, 0.3) is 0 Å². The van der Waals surface area contributed by atoms with Gasteiger partial charge in [-0.15, -0.1) is 10.2 Å². The number of nitrogens with zero attached hydrogens (tertiary/aromatic N) is 3. The zero-order valence-electron chi connectivity index (χ0n) is 13.3. The molecule has 2 N–H and O–H groups in total. The molecule has 0 radical (unpaired) electrons. The van der Waals surface area contributed by atoms with Gasteiger partial charge in [0.1, 0.15) is 5.82 Å². The summed E-state index contributed by atoms with van der Waals surface area (Å²) in [5.41, 5.74) is 8.65. The molecule has 1 aromatic carbocycles. The Balaban J connectivity index is 2.68. The van der Waals surface area contributed by atoms with E-state index in [1.807, 2.05) is 19.1 Å². The molecule has 114 valence electrons. The lowest BCUT2D eigenvalue weighted by atomic mass is 10.0. The van der Waals surface area contributed by atoms with Crippen LogP contribution >= 0.6 is 0 Å². The first-order valence-corrected chi connectivity index (χ1v) is 7.32. The molecule has 0 aliphatic heterocycles. The van der Waals surface area contributed by atoms with Crippen LogP contribution < -0.4 is 5.73 Å². The number of rotatable bonds is 5. The van der Waals surface area contributed by atoms with Crippen molar-refractivity contribution in [2.75, 3.05) is 0 Å². The molecule has 1 heterocycles. The molecule has 2 rings (SSSR count). The van der Waals surface area contributed by atoms with Gasteiger partial charge in [-0.25, -0.2) is 0 Å². The molecular weight excluding hydrogens is 272 g/mol. The molecule has 2 aromatic rings. The maximum absolute atomic E-state index is 5.43. The molecule has 0 aliphatic rings. The summed E-state index contributed by atoms with van der Waals surface area (Å²) in [6, 6.07) is 8.32. The molecular formula is C18H22N4. The van der Waals surface area contributed by atoms with Gasteiger partial charge in [-0.05, 0) is 42.8 Å². The third-order valence-corrected chi connectivity index (χ3v) is 3.49. The van der Waals surface area contributed by atoms with Crippen molar-refractivity contribution in [3.05, 3.63) is 72.5 Å². The van der Waals surface area contributed by atoms with Crippen LogP contribution in [-0.2, 0) is 0 Å². The van der Waals surface area contributed by atoms with Crippen LogP contribution in [0.1, 0.15) is 37.0 Å². The standard InChI is InChI=1S/C18H22N4/c1-5-15(9-8-12-19)18-21-20-14(4)22(18)17-11-7-6-10-16(17)13(2)3/h5-13H,1,19H2,2-4H3/b12-8-,15-9+. The first-order valence-electron chi connectivity index (χ1n) is 7.32. The normalized spacial score (nSPS) is 12.3. The lowest BCUT2D eigenvalue weighted by Crippen LogP contribution is -2.06. The predicted octanol–water partition coefficient (Wildman–Crippen LogP) is 3.74. The van der Waals surface area contributed by atoms with E-state index in [1.54, 1.807) is 12.2 Å². The van der Waals surface area contributed by atoms with Crippen molar-refractivity contribution in [2.24, 2.45) is 5.73 Å². The van der Waals surface area contributed by atoms with Crippen LogP contribution in [0.5, 0.6) is 0 Å². The molecule has 4 heteroatoms. The van der Waals surface area contributed by atoms with E-state index in [0.717, 1.165) is 22.9 Å². The van der Waals surface area contributed by atoms with Crippen molar-refractivity contribution in [1.29, 1.82) is 0 Å². The minimum absolute atomic E-state index is 0.408. The van der Waals surface area contributed by atoms with Gasteiger partial charge in [0.2, 0.25) is 0 Å². The van der Waals surface area contributed by atoms with Crippen LogP contribution in [0, 0.1) is 6.92 Å². The highest BCUT2D eigenvalue weighted by atomic mass is 15.3. The zero-order valence-corrected chi connectivity index (χ0v) is 13.3. The number of allylic oxidation sites excluding steroid dienone is 4. The van der Waals surface area contributed by atoms with E-state index in [0.29, 0.717) is 5.92 Å². The molecule has 0 unspecified atom stereocenters. The molecule has 22 heavy (non-hydrogen) atoms. The summed E-state index contributed by atoms with van der Waals surface area (Å²) in [5.74, 6) is 2.01. The van der Waals surface area contributed by atoms with E-state index in [1.165, 1.54) is 11.8 Å². The van der Waals surface area contributed by atoms with E-state index < -0.39 is 0 Å². The van der Waals surface area contributed by atoms with Crippen LogP contribution in [0.4, 0.5) is 0 Å². The molecule has 1 aromatic heterocycles. The molecule has 0 aliphatic carbocycles. The number of benzene rings is 1. The average molecular weight is 294 g/mol. The molecule has 0 bridgehead atoms. The second kappa shape index (κ2) is 6.89. The zero-order chi connectivity index (χ0) is 16.1. The molecule has 0 fully saturated rings. The fraction of sp³-hybridized carbons (Fsp3) is 0.222. The lowest BCUT2D eigenvalue weighted by Gasteiger charge is -2.16. The summed E-state index contributed by atoms with van der Waals surface area (Å²) in [6.45, 7) is 10.2. The second-order valence-electron chi connectivity index (χ2n) is 5.33. The Morgan fingerprint density at radius 1 is 1.27 bits per heavy atom. The summed E-state index contributed by atoms with van der Waals surface area (Å²) in [4.78, 5) is 0. The quantitative estimate of drug-likeness (QED) is 0.855. The summed E-state index contributed by atoms with van der Waals surface area (Å²) in [6.07, 6.45) is 6.89. The van der Waals surface area contributed by atoms with Crippen LogP contribution in [0.15, 0.2) is 55.3 Å². The van der Waals surface area contributed by atoms with Gasteiger partial charge in [-0.2, -0.15) is 0 Å². The smallest absolute Gasteiger partial charge is 0.168 e. The van der Waals surface area contributed by atoms with Crippen molar-refractivity contribution in [1.82, 2.24) is 14.8 Å². The van der Waals surface area contributed by atoms with E-state index >= 15 is 0 Å². The van der Waals surface area contributed by atoms with E-state index in [9.17, 15) is 0 Å². The second-order valence-corrected chi connectivity index (χ2v) is 5.33.